The highest BCUT2D eigenvalue weighted by molar-refractivity contribution is 5.88. The van der Waals surface area contributed by atoms with Crippen molar-refractivity contribution in [2.45, 2.75) is 57.7 Å². The summed E-state index contributed by atoms with van der Waals surface area (Å²) in [5.74, 6) is 0. The first-order chi connectivity index (χ1) is 12.2. The number of fused-ring (bicyclic) bond motifs is 3. The Labute approximate surface area is 155 Å². The molecule has 2 aromatic rings. The van der Waals surface area contributed by atoms with Crippen LogP contribution in [0.4, 0.5) is 0 Å². The molecule has 0 aliphatic heterocycles. The first-order valence-electron chi connectivity index (χ1n) is 9.25. The van der Waals surface area contributed by atoms with Gasteiger partial charge < -0.3 is 5.11 Å². The van der Waals surface area contributed by atoms with Crippen LogP contribution in [0.5, 0.6) is 0 Å². The molecule has 2 aliphatic rings. The standard InChI is InChI=1S/C23H27NO2/c1-21(2,25)22(3,4)26-24-19-13-14-23(5)18-12-7-6-9-15(18)16-10-8-11-17(19)20(16)23/h6-13,24-25H,14H2,1-5H3. The molecule has 0 saturated carbocycles. The summed E-state index contributed by atoms with van der Waals surface area (Å²) in [7, 11) is 0. The lowest BCUT2D eigenvalue weighted by Crippen LogP contribution is -2.50. The second-order valence-electron chi connectivity index (χ2n) is 8.70. The summed E-state index contributed by atoms with van der Waals surface area (Å²) in [5, 5.41) is 10.3. The van der Waals surface area contributed by atoms with Crippen LogP contribution in [0.3, 0.4) is 0 Å². The lowest BCUT2D eigenvalue weighted by Gasteiger charge is -2.38. The Balaban J connectivity index is 1.73. The van der Waals surface area contributed by atoms with Crippen molar-refractivity contribution < 1.29 is 9.94 Å². The van der Waals surface area contributed by atoms with Crippen LogP contribution < -0.4 is 5.48 Å². The Morgan fingerprint density at radius 1 is 0.962 bits per heavy atom. The normalized spacial score (nSPS) is 21.1. The molecule has 0 saturated heterocycles. The van der Waals surface area contributed by atoms with Crippen molar-refractivity contribution in [1.29, 1.82) is 0 Å². The van der Waals surface area contributed by atoms with Crippen molar-refractivity contribution in [2.75, 3.05) is 0 Å². The maximum absolute atomic E-state index is 10.3. The lowest BCUT2D eigenvalue weighted by atomic mass is 9.72. The Morgan fingerprint density at radius 2 is 1.62 bits per heavy atom. The summed E-state index contributed by atoms with van der Waals surface area (Å²) < 4.78 is 0. The van der Waals surface area contributed by atoms with E-state index >= 15 is 0 Å². The highest BCUT2D eigenvalue weighted by Gasteiger charge is 2.43. The molecular formula is C23H27NO2. The molecule has 0 spiro atoms. The second-order valence-corrected chi connectivity index (χ2v) is 8.70. The fraction of sp³-hybridized carbons (Fsp3) is 0.391. The van der Waals surface area contributed by atoms with E-state index in [1.54, 1.807) is 13.8 Å². The van der Waals surface area contributed by atoms with Gasteiger partial charge in [-0.05, 0) is 56.4 Å². The van der Waals surface area contributed by atoms with Gasteiger partial charge in [-0.1, -0.05) is 55.5 Å². The molecule has 0 amide bonds. The zero-order valence-corrected chi connectivity index (χ0v) is 16.2. The van der Waals surface area contributed by atoms with E-state index in [-0.39, 0.29) is 5.41 Å². The van der Waals surface area contributed by atoms with E-state index in [0.29, 0.717) is 0 Å². The maximum Gasteiger partial charge on any atom is 0.118 e. The molecule has 1 atom stereocenters. The summed E-state index contributed by atoms with van der Waals surface area (Å²) in [4.78, 5) is 5.93. The molecule has 3 nitrogen and oxygen atoms in total. The number of benzene rings is 2. The van der Waals surface area contributed by atoms with Crippen LogP contribution in [0.2, 0.25) is 0 Å². The molecule has 2 N–H and O–H groups in total. The molecule has 136 valence electrons. The van der Waals surface area contributed by atoms with Crippen molar-refractivity contribution in [2.24, 2.45) is 0 Å². The summed E-state index contributed by atoms with van der Waals surface area (Å²) in [6.45, 7) is 9.63. The zero-order chi connectivity index (χ0) is 18.7. The van der Waals surface area contributed by atoms with Gasteiger partial charge in [0.05, 0.1) is 11.3 Å². The van der Waals surface area contributed by atoms with Gasteiger partial charge in [0.2, 0.25) is 0 Å². The van der Waals surface area contributed by atoms with Gasteiger partial charge in [0.15, 0.2) is 0 Å². The molecule has 0 aromatic heterocycles. The molecular weight excluding hydrogens is 322 g/mol. The molecule has 0 heterocycles. The Kier molecular flexibility index (Phi) is 3.63. The number of rotatable bonds is 4. The molecule has 3 heteroatoms. The van der Waals surface area contributed by atoms with Gasteiger partial charge in [0.25, 0.3) is 0 Å². The average molecular weight is 349 g/mol. The van der Waals surface area contributed by atoms with Crippen molar-refractivity contribution >= 4 is 5.70 Å². The summed E-state index contributed by atoms with van der Waals surface area (Å²) in [5.41, 5.74) is 9.03. The largest absolute Gasteiger partial charge is 0.387 e. The van der Waals surface area contributed by atoms with Crippen molar-refractivity contribution in [1.82, 2.24) is 5.48 Å². The summed E-state index contributed by atoms with van der Waals surface area (Å²) in [6.07, 6.45) is 3.14. The second kappa shape index (κ2) is 5.45. The topological polar surface area (TPSA) is 41.5 Å². The van der Waals surface area contributed by atoms with Crippen LogP contribution >= 0.6 is 0 Å². The van der Waals surface area contributed by atoms with E-state index in [1.165, 1.54) is 27.8 Å². The number of aliphatic hydroxyl groups is 1. The van der Waals surface area contributed by atoms with E-state index in [4.69, 9.17) is 4.84 Å². The van der Waals surface area contributed by atoms with Gasteiger partial charge in [-0.15, -0.1) is 0 Å². The van der Waals surface area contributed by atoms with Crippen LogP contribution in [0.25, 0.3) is 16.8 Å². The van der Waals surface area contributed by atoms with Gasteiger partial charge in [0, 0.05) is 11.0 Å². The molecule has 1 unspecified atom stereocenters. The van der Waals surface area contributed by atoms with E-state index in [1.807, 2.05) is 13.8 Å². The number of hydrogen-bond donors (Lipinski definition) is 2. The van der Waals surface area contributed by atoms with E-state index in [9.17, 15) is 5.11 Å². The van der Waals surface area contributed by atoms with Crippen LogP contribution in [0.1, 0.15) is 57.7 Å². The van der Waals surface area contributed by atoms with E-state index in [2.05, 4.69) is 60.9 Å². The molecule has 0 fully saturated rings. The average Bonchev–Trinajstić information content (AvgIpc) is 2.85. The van der Waals surface area contributed by atoms with Gasteiger partial charge in [-0.3, -0.25) is 10.3 Å². The SMILES string of the molecule is CC12CC=C(NOC(C)(C)C(C)(C)O)c3cccc(c31)-c1ccccc12. The minimum Gasteiger partial charge on any atom is -0.387 e. The molecule has 0 bridgehead atoms. The van der Waals surface area contributed by atoms with Crippen LogP contribution in [-0.4, -0.2) is 16.3 Å². The van der Waals surface area contributed by atoms with Crippen molar-refractivity contribution in [3.8, 4) is 11.1 Å². The smallest absolute Gasteiger partial charge is 0.118 e. The lowest BCUT2D eigenvalue weighted by molar-refractivity contribution is -0.170. The van der Waals surface area contributed by atoms with Gasteiger partial charge in [-0.2, -0.15) is 0 Å². The third kappa shape index (κ3) is 2.34. The highest BCUT2D eigenvalue weighted by atomic mass is 16.7. The predicted molar refractivity (Wildman–Crippen MR) is 106 cm³/mol. The Bertz CT molecular complexity index is 905. The Hall–Kier alpha value is -2.10. The van der Waals surface area contributed by atoms with E-state index < -0.39 is 11.2 Å². The summed E-state index contributed by atoms with van der Waals surface area (Å²) in [6, 6.07) is 15.2. The first kappa shape index (κ1) is 17.3. The number of allylic oxidation sites excluding steroid dienone is 1. The van der Waals surface area contributed by atoms with Gasteiger partial charge >= 0.3 is 0 Å². The fourth-order valence-electron chi connectivity index (χ4n) is 3.96. The quantitative estimate of drug-likeness (QED) is 0.780. The molecule has 2 aromatic carbocycles. The van der Waals surface area contributed by atoms with Gasteiger partial charge in [0.1, 0.15) is 5.60 Å². The number of hydrogen-bond acceptors (Lipinski definition) is 3. The van der Waals surface area contributed by atoms with Crippen LogP contribution in [0.15, 0.2) is 48.5 Å². The fourth-order valence-corrected chi connectivity index (χ4v) is 3.96. The summed E-state index contributed by atoms with van der Waals surface area (Å²) >= 11 is 0. The maximum atomic E-state index is 10.3. The third-order valence-electron chi connectivity index (χ3n) is 6.32. The molecule has 2 aliphatic carbocycles. The molecule has 4 rings (SSSR count). The number of nitrogens with one attached hydrogen (secondary N) is 1. The Morgan fingerprint density at radius 3 is 2.35 bits per heavy atom. The highest BCUT2D eigenvalue weighted by Crippen LogP contribution is 2.54. The minimum absolute atomic E-state index is 0.000529. The van der Waals surface area contributed by atoms with Crippen molar-refractivity contribution in [3.63, 3.8) is 0 Å². The molecule has 26 heavy (non-hydrogen) atoms. The van der Waals surface area contributed by atoms with Crippen LogP contribution in [0, 0.1) is 0 Å². The monoisotopic (exact) mass is 349 g/mol. The minimum atomic E-state index is -0.960. The van der Waals surface area contributed by atoms with Gasteiger partial charge in [-0.25, -0.2) is 0 Å². The third-order valence-corrected chi connectivity index (χ3v) is 6.32. The predicted octanol–water partition coefficient (Wildman–Crippen LogP) is 4.79. The van der Waals surface area contributed by atoms with E-state index in [0.717, 1.165) is 12.1 Å². The van der Waals surface area contributed by atoms with Crippen LogP contribution in [-0.2, 0) is 10.3 Å². The zero-order valence-electron chi connectivity index (χ0n) is 16.2. The molecule has 0 radical (unpaired) electrons. The van der Waals surface area contributed by atoms with Crippen molar-refractivity contribution in [3.05, 3.63) is 65.2 Å². The first-order valence-corrected chi connectivity index (χ1v) is 9.25. The number of hydroxylamine groups is 1.